The average molecular weight is 283 g/mol. The Morgan fingerprint density at radius 3 is 3.05 bits per heavy atom. The Kier molecular flexibility index (Phi) is 4.99. The van der Waals surface area contributed by atoms with Crippen LogP contribution >= 0.6 is 0 Å². The van der Waals surface area contributed by atoms with Crippen molar-refractivity contribution in [2.24, 2.45) is 0 Å². The molecule has 0 amide bonds. The molecule has 0 saturated carbocycles. The zero-order chi connectivity index (χ0) is 15.1. The Labute approximate surface area is 123 Å². The summed E-state index contributed by atoms with van der Waals surface area (Å²) in [7, 11) is 0. The quantitative estimate of drug-likeness (QED) is 0.369. The number of benzene rings is 1. The summed E-state index contributed by atoms with van der Waals surface area (Å²) in [6.07, 6.45) is 4.18. The summed E-state index contributed by atoms with van der Waals surface area (Å²) in [5, 5.41) is 13.1. The van der Waals surface area contributed by atoms with Gasteiger partial charge in [0, 0.05) is 29.8 Å². The van der Waals surface area contributed by atoms with Crippen molar-refractivity contribution in [2.45, 2.75) is 13.3 Å². The first kappa shape index (κ1) is 14.7. The Hall–Kier alpha value is -2.74. The number of para-hydroxylation sites is 1. The van der Waals surface area contributed by atoms with Gasteiger partial charge in [-0.3, -0.25) is 0 Å². The monoisotopic (exact) mass is 283 g/mol. The molecule has 2 N–H and O–H groups in total. The Bertz CT molecular complexity index is 695. The van der Waals surface area contributed by atoms with Crippen LogP contribution in [-0.4, -0.2) is 24.1 Å². The molecule has 2 rings (SSSR count). The maximum atomic E-state index is 11.4. The molecule has 0 aliphatic carbocycles. The molecule has 0 aliphatic rings. The number of nitrogens with one attached hydrogen (secondary N) is 2. The number of carbonyl (C=O) groups is 1. The summed E-state index contributed by atoms with van der Waals surface area (Å²) in [4.78, 5) is 14.6. The summed E-state index contributed by atoms with van der Waals surface area (Å²) in [5.41, 5.74) is 2.28. The molecular formula is C16H17N3O2. The molecule has 5 nitrogen and oxygen atoms in total. The van der Waals surface area contributed by atoms with Gasteiger partial charge in [-0.2, -0.15) is 5.26 Å². The van der Waals surface area contributed by atoms with Gasteiger partial charge in [0.2, 0.25) is 0 Å². The summed E-state index contributed by atoms with van der Waals surface area (Å²) < 4.78 is 4.78. The number of aromatic nitrogens is 1. The highest BCUT2D eigenvalue weighted by Gasteiger charge is 2.08. The van der Waals surface area contributed by atoms with Gasteiger partial charge in [-0.25, -0.2) is 4.79 Å². The molecule has 2 aromatic rings. The third-order valence-electron chi connectivity index (χ3n) is 3.08. The Morgan fingerprint density at radius 2 is 2.29 bits per heavy atom. The summed E-state index contributed by atoms with van der Waals surface area (Å²) in [5.74, 6) is -0.598. The maximum Gasteiger partial charge on any atom is 0.350 e. The number of H-pyrrole nitrogens is 1. The first-order valence-electron chi connectivity index (χ1n) is 6.82. The Balaban J connectivity index is 1.92. The topological polar surface area (TPSA) is 77.9 Å². The number of aromatic amines is 1. The van der Waals surface area contributed by atoms with Crippen LogP contribution in [0, 0.1) is 11.3 Å². The molecule has 0 aliphatic heterocycles. The van der Waals surface area contributed by atoms with Gasteiger partial charge in [0.15, 0.2) is 5.57 Å². The van der Waals surface area contributed by atoms with Crippen LogP contribution in [0.5, 0.6) is 0 Å². The van der Waals surface area contributed by atoms with E-state index in [1.165, 1.54) is 17.1 Å². The van der Waals surface area contributed by atoms with Crippen LogP contribution in [0.25, 0.3) is 10.9 Å². The lowest BCUT2D eigenvalue weighted by Gasteiger charge is -2.02. The molecule has 1 aromatic carbocycles. The van der Waals surface area contributed by atoms with Crippen LogP contribution in [0.4, 0.5) is 0 Å². The van der Waals surface area contributed by atoms with Crippen molar-refractivity contribution < 1.29 is 9.53 Å². The first-order chi connectivity index (χ1) is 10.3. The third-order valence-corrected chi connectivity index (χ3v) is 3.08. The number of rotatable bonds is 6. The van der Waals surface area contributed by atoms with Crippen molar-refractivity contribution in [3.63, 3.8) is 0 Å². The zero-order valence-electron chi connectivity index (χ0n) is 11.8. The van der Waals surface area contributed by atoms with Crippen LogP contribution in [-0.2, 0) is 16.0 Å². The predicted molar refractivity (Wildman–Crippen MR) is 80.3 cm³/mol. The second kappa shape index (κ2) is 7.15. The van der Waals surface area contributed by atoms with Gasteiger partial charge in [-0.1, -0.05) is 18.2 Å². The second-order valence-corrected chi connectivity index (χ2v) is 4.45. The fraction of sp³-hybridized carbons (Fsp3) is 0.250. The number of nitrogens with zero attached hydrogens (tertiary/aromatic N) is 1. The molecule has 0 bridgehead atoms. The molecular weight excluding hydrogens is 266 g/mol. The van der Waals surface area contributed by atoms with Crippen LogP contribution in [0.15, 0.2) is 42.2 Å². The van der Waals surface area contributed by atoms with Gasteiger partial charge in [-0.05, 0) is 25.0 Å². The fourth-order valence-electron chi connectivity index (χ4n) is 2.07. The van der Waals surface area contributed by atoms with Crippen molar-refractivity contribution in [3.05, 3.63) is 47.8 Å². The molecule has 0 fully saturated rings. The van der Waals surface area contributed by atoms with Gasteiger partial charge >= 0.3 is 5.97 Å². The molecule has 1 aromatic heterocycles. The summed E-state index contributed by atoms with van der Waals surface area (Å²) in [6, 6.07) is 9.91. The molecule has 0 radical (unpaired) electrons. The fourth-order valence-corrected chi connectivity index (χ4v) is 2.07. The minimum atomic E-state index is -0.598. The van der Waals surface area contributed by atoms with Crippen molar-refractivity contribution in [3.8, 4) is 6.07 Å². The van der Waals surface area contributed by atoms with Crippen LogP contribution in [0.3, 0.4) is 0 Å². The summed E-state index contributed by atoms with van der Waals surface area (Å²) >= 11 is 0. The minimum absolute atomic E-state index is 0.0178. The zero-order valence-corrected chi connectivity index (χ0v) is 11.8. The number of esters is 1. The van der Waals surface area contributed by atoms with Crippen LogP contribution in [0.1, 0.15) is 12.5 Å². The van der Waals surface area contributed by atoms with Gasteiger partial charge in [0.1, 0.15) is 6.07 Å². The molecule has 108 valence electrons. The van der Waals surface area contributed by atoms with Crippen molar-refractivity contribution in [2.75, 3.05) is 13.2 Å². The molecule has 5 heteroatoms. The lowest BCUT2D eigenvalue weighted by Crippen LogP contribution is -2.14. The van der Waals surface area contributed by atoms with Gasteiger partial charge < -0.3 is 15.0 Å². The number of nitriles is 1. The Morgan fingerprint density at radius 1 is 1.48 bits per heavy atom. The van der Waals surface area contributed by atoms with E-state index in [2.05, 4.69) is 16.4 Å². The third kappa shape index (κ3) is 3.63. The average Bonchev–Trinajstić information content (AvgIpc) is 2.91. The highest BCUT2D eigenvalue weighted by molar-refractivity contribution is 5.92. The van der Waals surface area contributed by atoms with E-state index in [1.54, 1.807) is 6.92 Å². The highest BCUT2D eigenvalue weighted by Crippen LogP contribution is 2.17. The van der Waals surface area contributed by atoms with E-state index >= 15 is 0 Å². The number of hydrogen-bond acceptors (Lipinski definition) is 4. The van der Waals surface area contributed by atoms with Crippen molar-refractivity contribution in [1.82, 2.24) is 10.3 Å². The largest absolute Gasteiger partial charge is 0.462 e. The van der Waals surface area contributed by atoms with E-state index in [9.17, 15) is 4.79 Å². The maximum absolute atomic E-state index is 11.4. The van der Waals surface area contributed by atoms with E-state index in [-0.39, 0.29) is 12.2 Å². The van der Waals surface area contributed by atoms with Gasteiger partial charge in [-0.15, -0.1) is 0 Å². The smallest absolute Gasteiger partial charge is 0.350 e. The van der Waals surface area contributed by atoms with E-state index in [0.717, 1.165) is 11.9 Å². The summed E-state index contributed by atoms with van der Waals surface area (Å²) in [6.45, 7) is 2.59. The number of ether oxygens (including phenoxy) is 1. The SMILES string of the molecule is CCOC(=O)C(C#N)=CNCCc1c[nH]c2ccccc12. The van der Waals surface area contributed by atoms with E-state index in [4.69, 9.17) is 10.00 Å². The number of carbonyl (C=O) groups excluding carboxylic acids is 1. The number of hydrogen-bond donors (Lipinski definition) is 2. The number of fused-ring (bicyclic) bond motifs is 1. The molecule has 0 unspecified atom stereocenters. The lowest BCUT2D eigenvalue weighted by molar-refractivity contribution is -0.138. The molecule has 0 saturated heterocycles. The standard InChI is InChI=1S/C16H17N3O2/c1-2-21-16(20)13(9-17)10-18-8-7-12-11-19-15-6-4-3-5-14(12)15/h3-6,10-11,18-19H,2,7-8H2,1H3. The van der Waals surface area contributed by atoms with Gasteiger partial charge in [0.25, 0.3) is 0 Å². The first-order valence-corrected chi connectivity index (χ1v) is 6.82. The van der Waals surface area contributed by atoms with Crippen molar-refractivity contribution in [1.29, 1.82) is 5.26 Å². The predicted octanol–water partition coefficient (Wildman–Crippen LogP) is 2.27. The van der Waals surface area contributed by atoms with E-state index in [0.29, 0.717) is 6.54 Å². The molecule has 0 spiro atoms. The van der Waals surface area contributed by atoms with E-state index in [1.807, 2.05) is 30.5 Å². The molecule has 1 heterocycles. The minimum Gasteiger partial charge on any atom is -0.462 e. The molecule has 0 atom stereocenters. The highest BCUT2D eigenvalue weighted by atomic mass is 16.5. The lowest BCUT2D eigenvalue weighted by atomic mass is 10.1. The van der Waals surface area contributed by atoms with Crippen molar-refractivity contribution >= 4 is 16.9 Å². The van der Waals surface area contributed by atoms with E-state index < -0.39 is 5.97 Å². The molecule has 21 heavy (non-hydrogen) atoms. The van der Waals surface area contributed by atoms with Gasteiger partial charge in [0.05, 0.1) is 6.61 Å². The van der Waals surface area contributed by atoms with Crippen LogP contribution < -0.4 is 5.32 Å². The normalized spacial score (nSPS) is 11.1. The second-order valence-electron chi connectivity index (χ2n) is 4.45. The van der Waals surface area contributed by atoms with Crippen LogP contribution in [0.2, 0.25) is 0 Å².